The van der Waals surface area contributed by atoms with Crippen molar-refractivity contribution in [2.45, 2.75) is 37.1 Å². The van der Waals surface area contributed by atoms with Gasteiger partial charge in [-0.25, -0.2) is 4.79 Å². The summed E-state index contributed by atoms with van der Waals surface area (Å²) in [5.41, 5.74) is -0.654. The molecule has 3 heterocycles. The summed E-state index contributed by atoms with van der Waals surface area (Å²) in [4.78, 5) is 31.5. The number of H-pyrrole nitrogens is 2. The highest BCUT2D eigenvalue weighted by atomic mass is 16.3. The number of rotatable bonds is 1. The molecule has 0 spiro atoms. The predicted octanol–water partition coefficient (Wildman–Crippen LogP) is -2.06. The van der Waals surface area contributed by atoms with E-state index in [-0.39, 0.29) is 11.7 Å². The first kappa shape index (κ1) is 12.3. The number of aromatic amines is 2. The van der Waals surface area contributed by atoms with Crippen LogP contribution in [0, 0.1) is 0 Å². The molecule has 0 saturated carbocycles. The molecule has 1 aromatic rings. The van der Waals surface area contributed by atoms with Gasteiger partial charge in [0.1, 0.15) is 5.69 Å². The molecule has 1 unspecified atom stereocenters. The predicted molar refractivity (Wildman–Crippen MR) is 67.0 cm³/mol. The molecule has 0 aromatic carbocycles. The van der Waals surface area contributed by atoms with E-state index in [0.29, 0.717) is 5.69 Å². The first-order valence-electron chi connectivity index (χ1n) is 6.02. The van der Waals surface area contributed by atoms with Crippen molar-refractivity contribution in [2.24, 2.45) is 4.99 Å². The minimum Gasteiger partial charge on any atom is -0.389 e. The average molecular weight is 266 g/mol. The zero-order chi connectivity index (χ0) is 13.7. The fourth-order valence-electron chi connectivity index (χ4n) is 2.69. The third-order valence-electron chi connectivity index (χ3n) is 3.72. The Hall–Kier alpha value is -1.77. The van der Waals surface area contributed by atoms with Crippen LogP contribution in [0.15, 0.2) is 14.6 Å². The van der Waals surface area contributed by atoms with Crippen LogP contribution >= 0.6 is 0 Å². The number of aliphatic hydroxyl groups is 2. The highest BCUT2D eigenvalue weighted by Crippen LogP contribution is 2.33. The molecular weight excluding hydrogens is 252 g/mol. The Bertz CT molecular complexity index is 649. The van der Waals surface area contributed by atoms with Gasteiger partial charge in [0, 0.05) is 18.3 Å². The topological polar surface area (TPSA) is 131 Å². The molecular formula is C11H14N4O4. The number of aliphatic imine (C=N–C) groups is 1. The first-order valence-corrected chi connectivity index (χ1v) is 6.02. The lowest BCUT2D eigenvalue weighted by molar-refractivity contribution is 0.0293. The summed E-state index contributed by atoms with van der Waals surface area (Å²) in [6.45, 7) is 1.75. The molecule has 5 atom stereocenters. The van der Waals surface area contributed by atoms with Gasteiger partial charge in [-0.3, -0.25) is 14.8 Å². The maximum absolute atomic E-state index is 11.6. The van der Waals surface area contributed by atoms with Gasteiger partial charge in [0.2, 0.25) is 0 Å². The van der Waals surface area contributed by atoms with Gasteiger partial charge in [0.05, 0.1) is 23.8 Å². The zero-order valence-electron chi connectivity index (χ0n) is 10.1. The van der Waals surface area contributed by atoms with Gasteiger partial charge in [0.25, 0.3) is 5.56 Å². The van der Waals surface area contributed by atoms with Gasteiger partial charge in [0.15, 0.2) is 0 Å². The van der Waals surface area contributed by atoms with E-state index in [0.717, 1.165) is 0 Å². The Morgan fingerprint density at radius 3 is 2.58 bits per heavy atom. The van der Waals surface area contributed by atoms with Crippen molar-refractivity contribution in [1.82, 2.24) is 15.3 Å². The number of nitrogens with zero attached hydrogens (tertiary/aromatic N) is 1. The molecule has 0 bridgehead atoms. The quantitative estimate of drug-likeness (QED) is 0.399. The van der Waals surface area contributed by atoms with Crippen molar-refractivity contribution in [3.63, 3.8) is 0 Å². The van der Waals surface area contributed by atoms with Crippen molar-refractivity contribution in [3.05, 3.63) is 26.5 Å². The number of aliphatic hydroxyl groups excluding tert-OH is 2. The maximum Gasteiger partial charge on any atom is 0.326 e. The largest absolute Gasteiger partial charge is 0.389 e. The molecule has 2 aliphatic heterocycles. The summed E-state index contributed by atoms with van der Waals surface area (Å²) >= 11 is 0. The highest BCUT2D eigenvalue weighted by Gasteiger charge is 2.44. The lowest BCUT2D eigenvalue weighted by atomic mass is 9.94. The van der Waals surface area contributed by atoms with Crippen LogP contribution in [0.2, 0.25) is 0 Å². The van der Waals surface area contributed by atoms with Gasteiger partial charge < -0.3 is 20.5 Å². The number of hydrogen-bond acceptors (Lipinski definition) is 6. The Morgan fingerprint density at radius 1 is 1.21 bits per heavy atom. The normalized spacial score (nSPS) is 36.7. The Labute approximate surface area is 107 Å². The van der Waals surface area contributed by atoms with E-state index < -0.39 is 35.4 Å². The third-order valence-corrected chi connectivity index (χ3v) is 3.72. The van der Waals surface area contributed by atoms with Crippen molar-refractivity contribution in [1.29, 1.82) is 0 Å². The van der Waals surface area contributed by atoms with Crippen molar-refractivity contribution in [2.75, 3.05) is 0 Å². The Balaban J connectivity index is 2.02. The van der Waals surface area contributed by atoms with Gasteiger partial charge in [-0.15, -0.1) is 0 Å². The molecule has 1 saturated heterocycles. The molecule has 0 amide bonds. The average Bonchev–Trinajstić information content (AvgIpc) is 2.86. The molecule has 8 nitrogen and oxygen atoms in total. The Kier molecular flexibility index (Phi) is 2.66. The standard InChI is InChI=1S/C11H14N4O4/c1-3-8(16)9(17)6(13-3)4-2-12-7-5(4)14-11(19)15-10(7)18/h2-4,6,8-9,13,16-17H,1H3,(H2,14,15,18,19)/t3-,4?,6+,8-,9+/m0/s1. The van der Waals surface area contributed by atoms with E-state index in [2.05, 4.69) is 20.3 Å². The molecule has 1 fully saturated rings. The molecule has 19 heavy (non-hydrogen) atoms. The van der Waals surface area contributed by atoms with Crippen LogP contribution < -0.4 is 16.6 Å². The van der Waals surface area contributed by atoms with Crippen LogP contribution in [0.25, 0.3) is 0 Å². The summed E-state index contributed by atoms with van der Waals surface area (Å²) in [7, 11) is 0. The molecule has 102 valence electrons. The summed E-state index contributed by atoms with van der Waals surface area (Å²) in [5.74, 6) is -0.445. The van der Waals surface area contributed by atoms with Crippen LogP contribution in [-0.2, 0) is 0 Å². The smallest absolute Gasteiger partial charge is 0.326 e. The third kappa shape index (κ3) is 1.76. The molecule has 2 aliphatic rings. The summed E-state index contributed by atoms with van der Waals surface area (Å²) in [5, 5.41) is 22.8. The van der Waals surface area contributed by atoms with E-state index in [9.17, 15) is 19.8 Å². The second-order valence-electron chi connectivity index (χ2n) is 4.94. The Morgan fingerprint density at radius 2 is 1.95 bits per heavy atom. The molecule has 3 rings (SSSR count). The van der Waals surface area contributed by atoms with Crippen LogP contribution in [0.3, 0.4) is 0 Å². The monoisotopic (exact) mass is 266 g/mol. The molecule has 5 N–H and O–H groups in total. The maximum atomic E-state index is 11.6. The summed E-state index contributed by atoms with van der Waals surface area (Å²) < 4.78 is 0. The van der Waals surface area contributed by atoms with Gasteiger partial charge in [-0.05, 0) is 6.92 Å². The SMILES string of the molecule is C[C@@H]1N[C@H](C2C=Nc3c2[nH]c(=O)[nH]c3=O)[C@@H](O)[C@H]1O. The lowest BCUT2D eigenvalue weighted by Crippen LogP contribution is -2.40. The van der Waals surface area contributed by atoms with E-state index in [1.165, 1.54) is 6.21 Å². The van der Waals surface area contributed by atoms with Crippen LogP contribution in [0.5, 0.6) is 0 Å². The first-order chi connectivity index (χ1) is 8.99. The highest BCUT2D eigenvalue weighted by molar-refractivity contribution is 5.80. The van der Waals surface area contributed by atoms with E-state index in [1.54, 1.807) is 6.92 Å². The molecule has 1 aromatic heterocycles. The number of aromatic nitrogens is 2. The second kappa shape index (κ2) is 4.12. The second-order valence-corrected chi connectivity index (χ2v) is 4.94. The van der Waals surface area contributed by atoms with Crippen LogP contribution in [0.1, 0.15) is 18.5 Å². The van der Waals surface area contributed by atoms with E-state index in [1.807, 2.05) is 0 Å². The van der Waals surface area contributed by atoms with Crippen molar-refractivity contribution in [3.8, 4) is 0 Å². The minimum atomic E-state index is -0.986. The number of fused-ring (bicyclic) bond motifs is 1. The van der Waals surface area contributed by atoms with Crippen molar-refractivity contribution < 1.29 is 10.2 Å². The molecule has 0 aliphatic carbocycles. The fourth-order valence-corrected chi connectivity index (χ4v) is 2.69. The number of nitrogens with one attached hydrogen (secondary N) is 3. The minimum absolute atomic E-state index is 0.146. The lowest BCUT2D eigenvalue weighted by Gasteiger charge is -2.21. The molecule has 0 radical (unpaired) electrons. The van der Waals surface area contributed by atoms with Gasteiger partial charge in [-0.2, -0.15) is 0 Å². The summed E-state index contributed by atoms with van der Waals surface area (Å²) in [6, 6.07) is -0.765. The van der Waals surface area contributed by atoms with Gasteiger partial charge >= 0.3 is 5.69 Å². The van der Waals surface area contributed by atoms with Gasteiger partial charge in [-0.1, -0.05) is 0 Å². The van der Waals surface area contributed by atoms with E-state index >= 15 is 0 Å². The van der Waals surface area contributed by atoms with E-state index in [4.69, 9.17) is 0 Å². The number of hydrogen-bond donors (Lipinski definition) is 5. The fraction of sp³-hybridized carbons (Fsp3) is 0.545. The van der Waals surface area contributed by atoms with Crippen LogP contribution in [0.4, 0.5) is 5.69 Å². The summed E-state index contributed by atoms with van der Waals surface area (Å²) in [6.07, 6.45) is -0.377. The zero-order valence-corrected chi connectivity index (χ0v) is 10.1. The molecule has 8 heteroatoms. The van der Waals surface area contributed by atoms with Crippen LogP contribution in [-0.4, -0.2) is 50.7 Å². The van der Waals surface area contributed by atoms with Crippen molar-refractivity contribution >= 4 is 11.9 Å².